The van der Waals surface area contributed by atoms with E-state index in [1.165, 1.54) is 0 Å². The fraction of sp³-hybridized carbons (Fsp3) is 0.222. The maximum Gasteiger partial charge on any atom is 0.362 e. The highest BCUT2D eigenvalue weighted by Gasteiger charge is 2.19. The molecule has 0 saturated heterocycles. The van der Waals surface area contributed by atoms with Crippen molar-refractivity contribution >= 4 is 5.97 Å². The van der Waals surface area contributed by atoms with E-state index in [2.05, 4.69) is 5.73 Å². The van der Waals surface area contributed by atoms with Crippen molar-refractivity contribution in [1.29, 1.82) is 0 Å². The molecule has 5 nitrogen and oxygen atoms in total. The van der Waals surface area contributed by atoms with Crippen LogP contribution in [0.15, 0.2) is 12.1 Å². The van der Waals surface area contributed by atoms with Gasteiger partial charge in [-0.3, -0.25) is 0 Å². The van der Waals surface area contributed by atoms with Crippen LogP contribution in [0.4, 0.5) is 4.39 Å². The molecule has 0 heterocycles. The van der Waals surface area contributed by atoms with Crippen LogP contribution in [0, 0.1) is 5.82 Å². The van der Waals surface area contributed by atoms with E-state index in [1.807, 2.05) is 0 Å². The first-order chi connectivity index (χ1) is 6.91. The number of carbonyl (C=O) groups is 1. The summed E-state index contributed by atoms with van der Waals surface area (Å²) in [5.74, 6) is -2.97. The van der Waals surface area contributed by atoms with Crippen molar-refractivity contribution in [3.8, 4) is 11.5 Å². The molecule has 1 rings (SSSR count). The Morgan fingerprint density at radius 1 is 1.40 bits per heavy atom. The molecule has 1 aromatic rings. The quantitative estimate of drug-likeness (QED) is 0.510. The fourth-order valence-electron chi connectivity index (χ4n) is 1.10. The van der Waals surface area contributed by atoms with Crippen LogP contribution in [0.3, 0.4) is 0 Å². The van der Waals surface area contributed by atoms with Gasteiger partial charge in [-0.05, 0) is 11.6 Å². The number of aromatic hydroxyl groups is 2. The third kappa shape index (κ3) is 2.57. The number of carboxylic acids is 1. The van der Waals surface area contributed by atoms with E-state index in [0.29, 0.717) is 0 Å². The van der Waals surface area contributed by atoms with Crippen molar-refractivity contribution < 1.29 is 30.2 Å². The summed E-state index contributed by atoms with van der Waals surface area (Å²) < 4.78 is 13.2. The maximum atomic E-state index is 13.2. The van der Waals surface area contributed by atoms with Crippen molar-refractivity contribution in [2.45, 2.75) is 12.5 Å². The van der Waals surface area contributed by atoms with Gasteiger partial charge < -0.3 is 21.1 Å². The summed E-state index contributed by atoms with van der Waals surface area (Å²) >= 11 is 0. The lowest BCUT2D eigenvalue weighted by atomic mass is 10.1. The number of halogens is 1. The molecular weight excluding hydrogens is 205 g/mol. The average molecular weight is 216 g/mol. The van der Waals surface area contributed by atoms with Gasteiger partial charge in [0, 0.05) is 12.5 Å². The fourth-order valence-corrected chi connectivity index (χ4v) is 1.10. The van der Waals surface area contributed by atoms with Crippen LogP contribution < -0.4 is 5.73 Å². The van der Waals surface area contributed by atoms with Crippen LogP contribution in [0.5, 0.6) is 11.5 Å². The van der Waals surface area contributed by atoms with Crippen LogP contribution >= 0.6 is 0 Å². The Balaban J connectivity index is 2.95. The molecule has 0 aliphatic heterocycles. The molecule has 82 valence electrons. The lowest BCUT2D eigenvalue weighted by Gasteiger charge is -2.06. The smallest absolute Gasteiger partial charge is 0.362 e. The summed E-state index contributed by atoms with van der Waals surface area (Å²) in [7, 11) is 0. The molecule has 0 aromatic heterocycles. The molecule has 0 amide bonds. The summed E-state index contributed by atoms with van der Waals surface area (Å²) in [5, 5.41) is 26.6. The SMILES string of the molecule is [NH3+][C@@H](Cc1cc(O)c(O)cc1F)C(=O)O. The molecule has 0 unspecified atom stereocenters. The van der Waals surface area contributed by atoms with E-state index in [9.17, 15) is 9.18 Å². The first-order valence-electron chi connectivity index (χ1n) is 4.18. The summed E-state index contributed by atoms with van der Waals surface area (Å²) in [6.45, 7) is 0. The van der Waals surface area contributed by atoms with Crippen molar-refractivity contribution in [2.24, 2.45) is 0 Å². The minimum Gasteiger partial charge on any atom is -0.504 e. The molecule has 1 aromatic carbocycles. The molecule has 15 heavy (non-hydrogen) atoms. The number of aliphatic carboxylic acids is 1. The molecule has 0 fully saturated rings. The molecule has 0 bridgehead atoms. The lowest BCUT2D eigenvalue weighted by Crippen LogP contribution is -2.66. The second kappa shape index (κ2) is 4.14. The highest BCUT2D eigenvalue weighted by Crippen LogP contribution is 2.27. The Bertz CT molecular complexity index is 394. The van der Waals surface area contributed by atoms with E-state index in [-0.39, 0.29) is 12.0 Å². The second-order valence-corrected chi connectivity index (χ2v) is 3.17. The molecule has 6 heteroatoms. The standard InChI is InChI=1S/C9H10FNO4/c10-5-3-8(13)7(12)2-4(5)1-6(11)9(14)15/h2-3,6,12-13H,1,11H2,(H,14,15)/p+1/t6-/m0/s1. The van der Waals surface area contributed by atoms with Crippen molar-refractivity contribution in [2.75, 3.05) is 0 Å². The first-order valence-corrected chi connectivity index (χ1v) is 4.18. The number of hydrogen-bond donors (Lipinski definition) is 4. The zero-order valence-electron chi connectivity index (χ0n) is 7.77. The van der Waals surface area contributed by atoms with E-state index in [0.717, 1.165) is 12.1 Å². The molecule has 0 aliphatic carbocycles. The van der Waals surface area contributed by atoms with Crippen molar-refractivity contribution in [3.05, 3.63) is 23.5 Å². The Labute approximate surface area is 84.6 Å². The largest absolute Gasteiger partial charge is 0.504 e. The lowest BCUT2D eigenvalue weighted by molar-refractivity contribution is -0.407. The maximum absolute atomic E-state index is 13.2. The molecule has 0 aliphatic rings. The zero-order chi connectivity index (χ0) is 11.6. The third-order valence-electron chi connectivity index (χ3n) is 1.96. The molecular formula is C9H11FNO4+. The Kier molecular flexibility index (Phi) is 3.11. The van der Waals surface area contributed by atoms with Gasteiger partial charge in [0.1, 0.15) is 5.82 Å². The van der Waals surface area contributed by atoms with Crippen molar-refractivity contribution in [1.82, 2.24) is 0 Å². The molecule has 0 saturated carbocycles. The summed E-state index contributed by atoms with van der Waals surface area (Å²) in [5.41, 5.74) is 3.32. The number of carboxylic acid groups (broad SMARTS) is 1. The number of benzene rings is 1. The summed E-state index contributed by atoms with van der Waals surface area (Å²) in [6.07, 6.45) is -0.144. The number of hydrogen-bond acceptors (Lipinski definition) is 3. The van der Waals surface area contributed by atoms with E-state index in [1.54, 1.807) is 0 Å². The topological polar surface area (TPSA) is 105 Å². The van der Waals surface area contributed by atoms with Gasteiger partial charge in [0.25, 0.3) is 0 Å². The van der Waals surface area contributed by atoms with Gasteiger partial charge in [0.05, 0.1) is 0 Å². The number of phenolic OH excluding ortho intramolecular Hbond substituents is 2. The van der Waals surface area contributed by atoms with Crippen LogP contribution in [0.2, 0.25) is 0 Å². The third-order valence-corrected chi connectivity index (χ3v) is 1.96. The summed E-state index contributed by atoms with van der Waals surface area (Å²) in [4.78, 5) is 10.5. The second-order valence-electron chi connectivity index (χ2n) is 3.17. The normalized spacial score (nSPS) is 12.4. The highest BCUT2D eigenvalue weighted by molar-refractivity contribution is 5.72. The number of quaternary nitrogens is 1. The average Bonchev–Trinajstić information content (AvgIpc) is 2.13. The molecule has 0 radical (unpaired) electrons. The zero-order valence-corrected chi connectivity index (χ0v) is 7.77. The first kappa shape index (κ1) is 11.3. The van der Waals surface area contributed by atoms with E-state index >= 15 is 0 Å². The van der Waals surface area contributed by atoms with Gasteiger partial charge in [0.15, 0.2) is 17.5 Å². The van der Waals surface area contributed by atoms with E-state index < -0.39 is 29.3 Å². The summed E-state index contributed by atoms with van der Waals surface area (Å²) in [6, 6.07) is 0.730. The Hall–Kier alpha value is -1.82. The highest BCUT2D eigenvalue weighted by atomic mass is 19.1. The van der Waals surface area contributed by atoms with Crippen LogP contribution in [-0.4, -0.2) is 27.3 Å². The van der Waals surface area contributed by atoms with Gasteiger partial charge in [-0.2, -0.15) is 0 Å². The van der Waals surface area contributed by atoms with Gasteiger partial charge in [-0.1, -0.05) is 0 Å². The van der Waals surface area contributed by atoms with Crippen LogP contribution in [0.25, 0.3) is 0 Å². The minimum atomic E-state index is -1.15. The Morgan fingerprint density at radius 2 is 1.93 bits per heavy atom. The molecule has 1 atom stereocenters. The van der Waals surface area contributed by atoms with Gasteiger partial charge in [-0.25, -0.2) is 9.18 Å². The number of rotatable bonds is 3. The van der Waals surface area contributed by atoms with E-state index in [4.69, 9.17) is 15.3 Å². The van der Waals surface area contributed by atoms with Crippen LogP contribution in [-0.2, 0) is 11.2 Å². The predicted molar refractivity (Wildman–Crippen MR) is 47.7 cm³/mol. The van der Waals surface area contributed by atoms with Crippen molar-refractivity contribution in [3.63, 3.8) is 0 Å². The molecule has 0 spiro atoms. The van der Waals surface area contributed by atoms with Gasteiger partial charge >= 0.3 is 5.97 Å². The minimum absolute atomic E-state index is 0.00713. The predicted octanol–water partition coefficient (Wildman–Crippen LogP) is -0.526. The van der Waals surface area contributed by atoms with Gasteiger partial charge in [0.2, 0.25) is 0 Å². The van der Waals surface area contributed by atoms with Gasteiger partial charge in [-0.15, -0.1) is 0 Å². The number of phenols is 2. The monoisotopic (exact) mass is 216 g/mol. The van der Waals surface area contributed by atoms with Crippen LogP contribution in [0.1, 0.15) is 5.56 Å². The Morgan fingerprint density at radius 3 is 2.47 bits per heavy atom. The molecule has 6 N–H and O–H groups in total.